The average Bonchev–Trinajstić information content (AvgIpc) is 2.82. The predicted octanol–water partition coefficient (Wildman–Crippen LogP) is 3.20. The minimum absolute atomic E-state index is 0.237. The summed E-state index contributed by atoms with van der Waals surface area (Å²) >= 11 is 0. The molecule has 0 amide bonds. The lowest BCUT2D eigenvalue weighted by Gasteiger charge is -2.22. The summed E-state index contributed by atoms with van der Waals surface area (Å²) in [5.74, 6) is 0.689. The van der Waals surface area contributed by atoms with Crippen LogP contribution in [0, 0.1) is 5.82 Å². The van der Waals surface area contributed by atoms with Gasteiger partial charge in [-0.3, -0.25) is 0 Å². The second-order valence-electron chi connectivity index (χ2n) is 5.97. The minimum atomic E-state index is -0.237. The highest BCUT2D eigenvalue weighted by atomic mass is 19.1. The van der Waals surface area contributed by atoms with Crippen molar-refractivity contribution in [2.45, 2.75) is 19.8 Å². The van der Waals surface area contributed by atoms with E-state index in [0.29, 0.717) is 0 Å². The molecule has 2 aromatic rings. The van der Waals surface area contributed by atoms with Crippen LogP contribution in [-0.2, 0) is 0 Å². The molecule has 5 heteroatoms. The quantitative estimate of drug-likeness (QED) is 0.867. The fourth-order valence-corrected chi connectivity index (χ4v) is 3.01. The van der Waals surface area contributed by atoms with Crippen molar-refractivity contribution < 1.29 is 4.39 Å². The van der Waals surface area contributed by atoms with Crippen molar-refractivity contribution in [2.75, 3.05) is 37.6 Å². The SMILES string of the molecule is CCCN1CCCN(c2ccc(-c3ccc(F)cc3)nn2)CC1. The van der Waals surface area contributed by atoms with Gasteiger partial charge >= 0.3 is 0 Å². The molecule has 1 saturated heterocycles. The zero-order chi connectivity index (χ0) is 16.1. The summed E-state index contributed by atoms with van der Waals surface area (Å²) in [6.45, 7) is 7.64. The first kappa shape index (κ1) is 15.9. The lowest BCUT2D eigenvalue weighted by Crippen LogP contribution is -2.31. The zero-order valence-electron chi connectivity index (χ0n) is 13.6. The number of benzene rings is 1. The maximum atomic E-state index is 13.0. The Kier molecular flexibility index (Phi) is 5.18. The molecule has 1 fully saturated rings. The lowest BCUT2D eigenvalue weighted by atomic mass is 10.1. The van der Waals surface area contributed by atoms with Gasteiger partial charge in [0.15, 0.2) is 5.82 Å². The average molecular weight is 314 g/mol. The van der Waals surface area contributed by atoms with Gasteiger partial charge < -0.3 is 9.80 Å². The first-order chi connectivity index (χ1) is 11.3. The third-order valence-corrected chi connectivity index (χ3v) is 4.24. The maximum Gasteiger partial charge on any atom is 0.151 e. The first-order valence-electron chi connectivity index (χ1n) is 8.33. The largest absolute Gasteiger partial charge is 0.354 e. The van der Waals surface area contributed by atoms with Crippen molar-refractivity contribution in [3.63, 3.8) is 0 Å². The van der Waals surface area contributed by atoms with Crippen molar-refractivity contribution in [1.82, 2.24) is 15.1 Å². The number of nitrogens with zero attached hydrogens (tertiary/aromatic N) is 4. The molecule has 0 N–H and O–H groups in total. The van der Waals surface area contributed by atoms with Crippen LogP contribution in [0.3, 0.4) is 0 Å². The maximum absolute atomic E-state index is 13.0. The van der Waals surface area contributed by atoms with E-state index in [4.69, 9.17) is 0 Å². The van der Waals surface area contributed by atoms with Crippen LogP contribution in [0.4, 0.5) is 10.2 Å². The van der Waals surface area contributed by atoms with Gasteiger partial charge in [0, 0.05) is 25.2 Å². The molecule has 4 nitrogen and oxygen atoms in total. The van der Waals surface area contributed by atoms with Crippen molar-refractivity contribution in [3.8, 4) is 11.3 Å². The first-order valence-corrected chi connectivity index (χ1v) is 8.33. The van der Waals surface area contributed by atoms with Crippen molar-refractivity contribution >= 4 is 5.82 Å². The van der Waals surface area contributed by atoms with Gasteiger partial charge in [-0.2, -0.15) is 0 Å². The third-order valence-electron chi connectivity index (χ3n) is 4.24. The topological polar surface area (TPSA) is 32.3 Å². The summed E-state index contributed by atoms with van der Waals surface area (Å²) in [5.41, 5.74) is 1.66. The molecule has 0 atom stereocenters. The van der Waals surface area contributed by atoms with Crippen molar-refractivity contribution in [1.29, 1.82) is 0 Å². The fraction of sp³-hybridized carbons (Fsp3) is 0.444. The Bertz CT molecular complexity index is 612. The molecule has 0 radical (unpaired) electrons. The Hall–Kier alpha value is -2.01. The van der Waals surface area contributed by atoms with Crippen LogP contribution in [-0.4, -0.2) is 47.8 Å². The number of hydrogen-bond donors (Lipinski definition) is 0. The van der Waals surface area contributed by atoms with Crippen LogP contribution in [0.1, 0.15) is 19.8 Å². The van der Waals surface area contributed by atoms with E-state index in [9.17, 15) is 4.39 Å². The highest BCUT2D eigenvalue weighted by molar-refractivity contribution is 5.59. The molecule has 0 saturated carbocycles. The predicted molar refractivity (Wildman–Crippen MR) is 91.0 cm³/mol. The normalized spacial score (nSPS) is 16.3. The van der Waals surface area contributed by atoms with E-state index in [0.717, 1.165) is 49.7 Å². The van der Waals surface area contributed by atoms with Gasteiger partial charge in [-0.05, 0) is 62.3 Å². The Morgan fingerprint density at radius 1 is 0.957 bits per heavy atom. The second kappa shape index (κ2) is 7.51. The van der Waals surface area contributed by atoms with E-state index in [1.54, 1.807) is 12.1 Å². The van der Waals surface area contributed by atoms with E-state index in [-0.39, 0.29) is 5.82 Å². The van der Waals surface area contributed by atoms with E-state index < -0.39 is 0 Å². The van der Waals surface area contributed by atoms with E-state index in [1.807, 2.05) is 12.1 Å². The molecule has 1 aliphatic rings. The smallest absolute Gasteiger partial charge is 0.151 e. The van der Waals surface area contributed by atoms with Crippen LogP contribution >= 0.6 is 0 Å². The molecule has 0 unspecified atom stereocenters. The number of rotatable bonds is 4. The van der Waals surface area contributed by atoms with Crippen LogP contribution in [0.15, 0.2) is 36.4 Å². The van der Waals surface area contributed by atoms with E-state index in [1.165, 1.54) is 25.1 Å². The van der Waals surface area contributed by atoms with Gasteiger partial charge in [0.05, 0.1) is 5.69 Å². The molecule has 122 valence electrons. The molecule has 1 aromatic heterocycles. The minimum Gasteiger partial charge on any atom is -0.354 e. The third kappa shape index (κ3) is 4.05. The standard InChI is InChI=1S/C18H23FN4/c1-2-10-22-11-3-12-23(14-13-22)18-9-8-17(20-21-18)15-4-6-16(19)7-5-15/h4-9H,2-3,10-14H2,1H3. The number of hydrogen-bond acceptors (Lipinski definition) is 4. The summed E-state index contributed by atoms with van der Waals surface area (Å²) < 4.78 is 13.0. The monoisotopic (exact) mass is 314 g/mol. The second-order valence-corrected chi connectivity index (χ2v) is 5.97. The van der Waals surface area contributed by atoms with Crippen molar-refractivity contribution in [3.05, 3.63) is 42.2 Å². The Balaban J connectivity index is 1.68. The van der Waals surface area contributed by atoms with Gasteiger partial charge in [0.2, 0.25) is 0 Å². The fourth-order valence-electron chi connectivity index (χ4n) is 3.01. The molecule has 1 aromatic carbocycles. The van der Waals surface area contributed by atoms with Crippen LogP contribution < -0.4 is 4.90 Å². The Labute approximate surface area is 136 Å². The molecule has 0 spiro atoms. The molecule has 3 rings (SSSR count). The highest BCUT2D eigenvalue weighted by Crippen LogP contribution is 2.19. The van der Waals surface area contributed by atoms with Gasteiger partial charge in [-0.15, -0.1) is 10.2 Å². The molecular weight excluding hydrogens is 291 g/mol. The molecular formula is C18H23FN4. The summed E-state index contributed by atoms with van der Waals surface area (Å²) in [4.78, 5) is 4.82. The van der Waals surface area contributed by atoms with E-state index in [2.05, 4.69) is 26.9 Å². The van der Waals surface area contributed by atoms with Gasteiger partial charge in [-0.25, -0.2) is 4.39 Å². The number of halogens is 1. The number of anilines is 1. The lowest BCUT2D eigenvalue weighted by molar-refractivity contribution is 0.294. The number of aromatic nitrogens is 2. The van der Waals surface area contributed by atoms with Crippen molar-refractivity contribution in [2.24, 2.45) is 0 Å². The van der Waals surface area contributed by atoms with Gasteiger partial charge in [-0.1, -0.05) is 6.92 Å². The Morgan fingerprint density at radius 3 is 2.48 bits per heavy atom. The summed E-state index contributed by atoms with van der Waals surface area (Å²) in [7, 11) is 0. The molecule has 0 aliphatic carbocycles. The van der Waals surface area contributed by atoms with Crippen LogP contribution in [0.2, 0.25) is 0 Å². The van der Waals surface area contributed by atoms with E-state index >= 15 is 0 Å². The molecule has 2 heterocycles. The summed E-state index contributed by atoms with van der Waals surface area (Å²) in [5, 5.41) is 8.69. The summed E-state index contributed by atoms with van der Waals surface area (Å²) in [6.07, 6.45) is 2.35. The summed E-state index contributed by atoms with van der Waals surface area (Å²) in [6, 6.07) is 10.3. The molecule has 23 heavy (non-hydrogen) atoms. The Morgan fingerprint density at radius 2 is 1.78 bits per heavy atom. The molecule has 1 aliphatic heterocycles. The van der Waals surface area contributed by atoms with Crippen LogP contribution in [0.5, 0.6) is 0 Å². The van der Waals surface area contributed by atoms with Crippen LogP contribution in [0.25, 0.3) is 11.3 Å². The highest BCUT2D eigenvalue weighted by Gasteiger charge is 2.15. The van der Waals surface area contributed by atoms with Gasteiger partial charge in [0.1, 0.15) is 5.82 Å². The molecule has 0 bridgehead atoms. The van der Waals surface area contributed by atoms with Gasteiger partial charge in [0.25, 0.3) is 0 Å². The zero-order valence-corrected chi connectivity index (χ0v) is 13.6.